The number of rotatable bonds is 4. The quantitative estimate of drug-likeness (QED) is 0.800. The predicted octanol–water partition coefficient (Wildman–Crippen LogP) is 1.18. The van der Waals surface area contributed by atoms with Crippen LogP contribution in [0, 0.1) is 6.92 Å². The number of carbonyl (C=O) groups excluding carboxylic acids is 1. The summed E-state index contributed by atoms with van der Waals surface area (Å²) in [6, 6.07) is 0. The summed E-state index contributed by atoms with van der Waals surface area (Å²) in [7, 11) is 0. The smallest absolute Gasteiger partial charge is 0.261 e. The molecule has 1 aliphatic rings. The minimum absolute atomic E-state index is 0.139. The summed E-state index contributed by atoms with van der Waals surface area (Å²) in [5, 5.41) is 2.98. The van der Waals surface area contributed by atoms with Gasteiger partial charge in [0.25, 0.3) is 5.91 Å². The van der Waals surface area contributed by atoms with Crippen molar-refractivity contribution < 1.29 is 9.53 Å². The second-order valence-electron chi connectivity index (χ2n) is 5.19. The summed E-state index contributed by atoms with van der Waals surface area (Å²) >= 11 is 7.49. The van der Waals surface area contributed by atoms with E-state index in [0.717, 1.165) is 34.7 Å². The number of aromatic nitrogens is 2. The van der Waals surface area contributed by atoms with Crippen molar-refractivity contribution in [3.8, 4) is 0 Å². The molecule has 0 aliphatic carbocycles. The van der Waals surface area contributed by atoms with E-state index in [1.54, 1.807) is 0 Å². The number of amides is 1. The number of nitrogens with one attached hydrogen (secondary N) is 1. The number of morpholine rings is 1. The maximum absolute atomic E-state index is 12.3. The van der Waals surface area contributed by atoms with E-state index >= 15 is 0 Å². The molecule has 1 aliphatic heterocycles. The van der Waals surface area contributed by atoms with Gasteiger partial charge in [-0.05, 0) is 24.1 Å². The largest absolute Gasteiger partial charge is 0.378 e. The van der Waals surface area contributed by atoms with Crippen molar-refractivity contribution in [2.24, 2.45) is 5.73 Å². The summed E-state index contributed by atoms with van der Waals surface area (Å²) in [5.41, 5.74) is 6.99. The molecule has 0 spiro atoms. The van der Waals surface area contributed by atoms with Crippen LogP contribution in [0.2, 0.25) is 5.28 Å². The number of hydrogen-bond donors (Lipinski definition) is 2. The van der Waals surface area contributed by atoms with Gasteiger partial charge in [-0.3, -0.25) is 4.79 Å². The summed E-state index contributed by atoms with van der Waals surface area (Å²) < 4.78 is 6.27. The van der Waals surface area contributed by atoms with Crippen molar-refractivity contribution in [1.82, 2.24) is 15.3 Å². The highest BCUT2D eigenvalue weighted by molar-refractivity contribution is 7.21. The molecular weight excluding hydrogens is 338 g/mol. The summed E-state index contributed by atoms with van der Waals surface area (Å²) in [6.07, 6.45) is 0. The summed E-state index contributed by atoms with van der Waals surface area (Å²) in [5.74, 6) is 0.634. The Bertz CT molecular complexity index is 730. The Morgan fingerprint density at radius 3 is 2.87 bits per heavy atom. The van der Waals surface area contributed by atoms with E-state index < -0.39 is 0 Å². The van der Waals surface area contributed by atoms with Crippen LogP contribution in [0.25, 0.3) is 10.2 Å². The van der Waals surface area contributed by atoms with Gasteiger partial charge in [-0.15, -0.1) is 11.3 Å². The molecule has 0 radical (unpaired) electrons. The molecule has 0 atom stereocenters. The Kier molecular flexibility index (Phi) is 4.96. The van der Waals surface area contributed by atoms with Gasteiger partial charge in [0, 0.05) is 26.2 Å². The Morgan fingerprint density at radius 2 is 2.17 bits per heavy atom. The van der Waals surface area contributed by atoms with E-state index in [9.17, 15) is 4.79 Å². The molecule has 1 saturated heterocycles. The average Bonchev–Trinajstić information content (AvgIpc) is 2.90. The normalized spacial score (nSPS) is 15.2. The SMILES string of the molecule is Cc1c(C(=O)NCCN)sc2c(N3CCOCC3)nc(Cl)nc12. The lowest BCUT2D eigenvalue weighted by Gasteiger charge is -2.28. The zero-order valence-corrected chi connectivity index (χ0v) is 14.3. The van der Waals surface area contributed by atoms with E-state index in [4.69, 9.17) is 22.1 Å². The van der Waals surface area contributed by atoms with Gasteiger partial charge in [0.1, 0.15) is 0 Å². The van der Waals surface area contributed by atoms with Crippen molar-refractivity contribution in [3.63, 3.8) is 0 Å². The molecule has 23 heavy (non-hydrogen) atoms. The predicted molar refractivity (Wildman–Crippen MR) is 91.6 cm³/mol. The maximum atomic E-state index is 12.3. The lowest BCUT2D eigenvalue weighted by molar-refractivity contribution is 0.0958. The van der Waals surface area contributed by atoms with Crippen LogP contribution >= 0.6 is 22.9 Å². The Balaban J connectivity index is 2.05. The maximum Gasteiger partial charge on any atom is 0.261 e. The fourth-order valence-electron chi connectivity index (χ4n) is 2.52. The fraction of sp³-hybridized carbons (Fsp3) is 0.500. The molecule has 9 heteroatoms. The van der Waals surface area contributed by atoms with Crippen LogP contribution < -0.4 is 16.0 Å². The van der Waals surface area contributed by atoms with Crippen LogP contribution in [0.4, 0.5) is 5.82 Å². The van der Waals surface area contributed by atoms with Gasteiger partial charge in [0.2, 0.25) is 5.28 Å². The summed E-state index contributed by atoms with van der Waals surface area (Å²) in [4.78, 5) is 23.7. The second-order valence-corrected chi connectivity index (χ2v) is 6.55. The Hall–Kier alpha value is -1.48. The van der Waals surface area contributed by atoms with E-state index in [1.807, 2.05) is 6.92 Å². The Labute approximate surface area is 142 Å². The molecule has 124 valence electrons. The van der Waals surface area contributed by atoms with Crippen LogP contribution in [0.15, 0.2) is 0 Å². The molecule has 3 N–H and O–H groups in total. The number of thiophene rings is 1. The lowest BCUT2D eigenvalue weighted by atomic mass is 10.2. The fourth-order valence-corrected chi connectivity index (χ4v) is 3.86. The van der Waals surface area contributed by atoms with Crippen molar-refractivity contribution in [3.05, 3.63) is 15.7 Å². The summed E-state index contributed by atoms with van der Waals surface area (Å²) in [6.45, 7) is 5.51. The van der Waals surface area contributed by atoms with Gasteiger partial charge in [-0.25, -0.2) is 4.98 Å². The number of nitrogens with two attached hydrogens (primary N) is 1. The number of aryl methyl sites for hydroxylation is 1. The first-order valence-corrected chi connectivity index (χ1v) is 8.59. The van der Waals surface area contributed by atoms with Gasteiger partial charge < -0.3 is 20.7 Å². The van der Waals surface area contributed by atoms with E-state index in [0.29, 0.717) is 31.2 Å². The number of ether oxygens (including phenoxy) is 1. The molecule has 0 saturated carbocycles. The Morgan fingerprint density at radius 1 is 1.43 bits per heavy atom. The highest BCUT2D eigenvalue weighted by atomic mass is 35.5. The van der Waals surface area contributed by atoms with Gasteiger partial charge in [0.05, 0.1) is 28.3 Å². The topological polar surface area (TPSA) is 93.4 Å². The minimum Gasteiger partial charge on any atom is -0.378 e. The first-order valence-electron chi connectivity index (χ1n) is 7.39. The van der Waals surface area contributed by atoms with Crippen LogP contribution in [-0.2, 0) is 4.74 Å². The number of fused-ring (bicyclic) bond motifs is 1. The average molecular weight is 356 g/mol. The number of hydrogen-bond acceptors (Lipinski definition) is 7. The molecule has 0 aromatic carbocycles. The van der Waals surface area contributed by atoms with Crippen LogP contribution in [-0.4, -0.2) is 55.3 Å². The minimum atomic E-state index is -0.139. The highest BCUT2D eigenvalue weighted by Gasteiger charge is 2.23. The van der Waals surface area contributed by atoms with Crippen molar-refractivity contribution in [2.75, 3.05) is 44.3 Å². The number of halogens is 1. The molecule has 0 bridgehead atoms. The monoisotopic (exact) mass is 355 g/mol. The van der Waals surface area contributed by atoms with E-state index in [2.05, 4.69) is 20.2 Å². The molecular formula is C14H18ClN5O2S. The molecule has 2 aromatic heterocycles. The van der Waals surface area contributed by atoms with E-state index in [1.165, 1.54) is 11.3 Å². The molecule has 1 amide bonds. The molecule has 2 aromatic rings. The van der Waals surface area contributed by atoms with Gasteiger partial charge >= 0.3 is 0 Å². The molecule has 7 nitrogen and oxygen atoms in total. The van der Waals surface area contributed by atoms with Crippen molar-refractivity contribution in [1.29, 1.82) is 0 Å². The van der Waals surface area contributed by atoms with Gasteiger partial charge in [-0.2, -0.15) is 4.98 Å². The van der Waals surface area contributed by atoms with Crippen molar-refractivity contribution in [2.45, 2.75) is 6.92 Å². The third-order valence-electron chi connectivity index (χ3n) is 3.67. The highest BCUT2D eigenvalue weighted by Crippen LogP contribution is 2.36. The number of nitrogens with zero attached hydrogens (tertiary/aromatic N) is 3. The first kappa shape index (κ1) is 16.4. The molecule has 1 fully saturated rings. The number of carbonyl (C=O) groups is 1. The first-order chi connectivity index (χ1) is 11.1. The number of anilines is 1. The van der Waals surface area contributed by atoms with Crippen LogP contribution in [0.1, 0.15) is 15.2 Å². The standard InChI is InChI=1S/C14H18ClN5O2S/c1-8-9-11(23-10(8)13(21)17-3-2-16)12(19-14(15)18-9)20-4-6-22-7-5-20/h2-7,16H2,1H3,(H,17,21). The van der Waals surface area contributed by atoms with Crippen LogP contribution in [0.3, 0.4) is 0 Å². The van der Waals surface area contributed by atoms with Crippen molar-refractivity contribution >= 4 is 44.9 Å². The van der Waals surface area contributed by atoms with Gasteiger partial charge in [-0.1, -0.05) is 0 Å². The zero-order valence-electron chi connectivity index (χ0n) is 12.8. The molecule has 3 rings (SSSR count). The molecule has 3 heterocycles. The second kappa shape index (κ2) is 6.96. The molecule has 0 unspecified atom stereocenters. The van der Waals surface area contributed by atoms with Gasteiger partial charge in [0.15, 0.2) is 5.82 Å². The third-order valence-corrected chi connectivity index (χ3v) is 5.11. The van der Waals surface area contributed by atoms with E-state index in [-0.39, 0.29) is 11.2 Å². The van der Waals surface area contributed by atoms with Crippen LogP contribution in [0.5, 0.6) is 0 Å². The lowest BCUT2D eigenvalue weighted by Crippen LogP contribution is -2.36. The third kappa shape index (κ3) is 3.25. The zero-order chi connectivity index (χ0) is 16.4.